The monoisotopic (exact) mass is 332 g/mol. The lowest BCUT2D eigenvalue weighted by Gasteiger charge is -2.15. The molecule has 6 nitrogen and oxygen atoms in total. The summed E-state index contributed by atoms with van der Waals surface area (Å²) in [7, 11) is -3.64. The van der Waals surface area contributed by atoms with Crippen LogP contribution in [0, 0.1) is 0 Å². The van der Waals surface area contributed by atoms with Gasteiger partial charge in [0.1, 0.15) is 5.82 Å². The second kappa shape index (κ2) is 7.64. The Morgan fingerprint density at radius 1 is 1.13 bits per heavy atom. The second-order valence-corrected chi connectivity index (χ2v) is 6.52. The van der Waals surface area contributed by atoms with E-state index in [-0.39, 0.29) is 10.7 Å². The molecule has 0 spiro atoms. The number of nitrogens with two attached hydrogens (primary N) is 1. The summed E-state index contributed by atoms with van der Waals surface area (Å²) in [6.07, 6.45) is 2.14. The van der Waals surface area contributed by atoms with Crippen molar-refractivity contribution in [2.45, 2.75) is 24.8 Å². The number of hydrogen-bond donors (Lipinski definition) is 3. The molecule has 7 heteroatoms. The van der Waals surface area contributed by atoms with Crippen LogP contribution in [-0.2, 0) is 16.6 Å². The van der Waals surface area contributed by atoms with Gasteiger partial charge in [-0.25, -0.2) is 8.42 Å². The Balaban J connectivity index is 2.11. The number of nitrogens with zero attached hydrogens (tertiary/aromatic N) is 1. The standard InChI is InChI=1S/C16H20N4O2S/c1-2-15(16(17)19-12-13-8-6-7-11-18-13)20-23(21,22)14-9-4-3-5-10-14/h3-11,19-20H,2,12,17H2,1H3/b16-15+. The van der Waals surface area contributed by atoms with E-state index in [1.807, 2.05) is 25.1 Å². The highest BCUT2D eigenvalue weighted by molar-refractivity contribution is 7.89. The first-order chi connectivity index (χ1) is 11.0. The molecule has 23 heavy (non-hydrogen) atoms. The Hall–Kier alpha value is -2.54. The molecule has 0 aliphatic rings. The van der Waals surface area contributed by atoms with Gasteiger partial charge >= 0.3 is 0 Å². The van der Waals surface area contributed by atoms with Crippen LogP contribution in [0.3, 0.4) is 0 Å². The quantitative estimate of drug-likeness (QED) is 0.717. The number of allylic oxidation sites excluding steroid dienone is 1. The van der Waals surface area contributed by atoms with E-state index in [9.17, 15) is 8.42 Å². The van der Waals surface area contributed by atoms with Gasteiger partial charge in [0.25, 0.3) is 10.0 Å². The van der Waals surface area contributed by atoms with Crippen LogP contribution in [0.2, 0.25) is 0 Å². The van der Waals surface area contributed by atoms with Crippen LogP contribution in [0.25, 0.3) is 0 Å². The number of aromatic nitrogens is 1. The number of benzene rings is 1. The Kier molecular flexibility index (Phi) is 5.59. The average molecular weight is 332 g/mol. The Bertz CT molecular complexity index is 759. The molecule has 0 saturated heterocycles. The van der Waals surface area contributed by atoms with Crippen molar-refractivity contribution in [3.63, 3.8) is 0 Å². The molecule has 1 aromatic carbocycles. The summed E-state index contributed by atoms with van der Waals surface area (Å²) in [5, 5.41) is 2.99. The summed E-state index contributed by atoms with van der Waals surface area (Å²) >= 11 is 0. The largest absolute Gasteiger partial charge is 0.384 e. The number of hydrogen-bond acceptors (Lipinski definition) is 5. The van der Waals surface area contributed by atoms with Crippen molar-refractivity contribution in [1.82, 2.24) is 15.0 Å². The highest BCUT2D eigenvalue weighted by Gasteiger charge is 2.16. The minimum absolute atomic E-state index is 0.198. The molecule has 0 fully saturated rings. The summed E-state index contributed by atoms with van der Waals surface area (Å²) in [5.74, 6) is 0.289. The maximum Gasteiger partial charge on any atom is 0.261 e. The molecule has 0 unspecified atom stereocenters. The van der Waals surface area contributed by atoms with Crippen molar-refractivity contribution in [1.29, 1.82) is 0 Å². The highest BCUT2D eigenvalue weighted by Crippen LogP contribution is 2.11. The zero-order valence-electron chi connectivity index (χ0n) is 12.9. The topological polar surface area (TPSA) is 97.1 Å². The smallest absolute Gasteiger partial charge is 0.261 e. The summed E-state index contributed by atoms with van der Waals surface area (Å²) in [6.45, 7) is 2.25. The van der Waals surface area contributed by atoms with Gasteiger partial charge < -0.3 is 11.1 Å². The predicted molar refractivity (Wildman–Crippen MR) is 89.3 cm³/mol. The lowest BCUT2D eigenvalue weighted by atomic mass is 10.3. The molecule has 122 valence electrons. The van der Waals surface area contributed by atoms with Gasteiger partial charge in [-0.15, -0.1) is 0 Å². The summed E-state index contributed by atoms with van der Waals surface area (Å²) in [5.41, 5.74) is 7.21. The Morgan fingerprint density at radius 3 is 2.43 bits per heavy atom. The van der Waals surface area contributed by atoms with E-state index < -0.39 is 10.0 Å². The Morgan fingerprint density at radius 2 is 1.83 bits per heavy atom. The first-order valence-electron chi connectivity index (χ1n) is 7.23. The molecule has 1 heterocycles. The van der Waals surface area contributed by atoms with Gasteiger partial charge in [0.05, 0.1) is 22.8 Å². The lowest BCUT2D eigenvalue weighted by Crippen LogP contribution is -2.31. The summed E-state index contributed by atoms with van der Waals surface area (Å²) < 4.78 is 27.2. The number of rotatable bonds is 7. The van der Waals surface area contributed by atoms with Gasteiger partial charge in [-0.2, -0.15) is 0 Å². The van der Waals surface area contributed by atoms with Crippen molar-refractivity contribution >= 4 is 10.0 Å². The van der Waals surface area contributed by atoms with Gasteiger partial charge in [0.15, 0.2) is 0 Å². The van der Waals surface area contributed by atoms with Crippen molar-refractivity contribution < 1.29 is 8.42 Å². The highest BCUT2D eigenvalue weighted by atomic mass is 32.2. The van der Waals surface area contributed by atoms with Gasteiger partial charge in [-0.05, 0) is 30.7 Å². The summed E-state index contributed by atoms with van der Waals surface area (Å²) in [6, 6.07) is 13.7. The third-order valence-corrected chi connectivity index (χ3v) is 4.58. The molecule has 4 N–H and O–H groups in total. The molecule has 2 rings (SSSR count). The molecular formula is C16H20N4O2S. The third-order valence-electron chi connectivity index (χ3n) is 3.18. The maximum atomic E-state index is 12.3. The van der Waals surface area contributed by atoms with Crippen LogP contribution >= 0.6 is 0 Å². The van der Waals surface area contributed by atoms with E-state index in [2.05, 4.69) is 15.0 Å². The molecule has 0 saturated carbocycles. The molecule has 0 atom stereocenters. The van der Waals surface area contributed by atoms with Gasteiger partial charge in [0, 0.05) is 6.20 Å². The zero-order valence-corrected chi connectivity index (χ0v) is 13.7. The maximum absolute atomic E-state index is 12.3. The fourth-order valence-corrected chi connectivity index (χ4v) is 3.15. The van der Waals surface area contributed by atoms with Crippen LogP contribution in [0.1, 0.15) is 19.0 Å². The first-order valence-corrected chi connectivity index (χ1v) is 8.71. The van der Waals surface area contributed by atoms with E-state index >= 15 is 0 Å². The van der Waals surface area contributed by atoms with Crippen molar-refractivity contribution in [3.8, 4) is 0 Å². The molecule has 0 aliphatic heterocycles. The fourth-order valence-electron chi connectivity index (χ4n) is 1.93. The minimum atomic E-state index is -3.64. The van der Waals surface area contributed by atoms with Crippen LogP contribution in [0.4, 0.5) is 0 Å². The van der Waals surface area contributed by atoms with Crippen molar-refractivity contribution in [3.05, 3.63) is 71.9 Å². The van der Waals surface area contributed by atoms with Gasteiger partial charge in [0.2, 0.25) is 0 Å². The Labute approximate surface area is 136 Å². The number of nitrogens with one attached hydrogen (secondary N) is 2. The summed E-state index contributed by atoms with van der Waals surface area (Å²) in [4.78, 5) is 4.38. The SMILES string of the molecule is CC/C(NS(=O)(=O)c1ccccc1)=C(/N)NCc1ccccn1. The minimum Gasteiger partial charge on any atom is -0.384 e. The normalized spacial score (nSPS) is 12.4. The van der Waals surface area contributed by atoms with E-state index in [0.717, 1.165) is 5.69 Å². The molecule has 0 radical (unpaired) electrons. The zero-order chi connectivity index (χ0) is 16.7. The number of sulfonamides is 1. The van der Waals surface area contributed by atoms with Crippen LogP contribution in [0.5, 0.6) is 0 Å². The molecule has 0 bridgehead atoms. The molecule has 0 amide bonds. The van der Waals surface area contributed by atoms with Crippen LogP contribution < -0.4 is 15.8 Å². The van der Waals surface area contributed by atoms with Gasteiger partial charge in [-0.3, -0.25) is 9.71 Å². The van der Waals surface area contributed by atoms with Crippen molar-refractivity contribution in [2.75, 3.05) is 0 Å². The predicted octanol–water partition coefficient (Wildman–Crippen LogP) is 1.69. The third kappa shape index (κ3) is 4.72. The molecule has 0 aliphatic carbocycles. The van der Waals surface area contributed by atoms with Gasteiger partial charge in [-0.1, -0.05) is 31.2 Å². The lowest BCUT2D eigenvalue weighted by molar-refractivity contribution is 0.585. The first kappa shape index (κ1) is 16.8. The molecule has 1 aromatic heterocycles. The van der Waals surface area contributed by atoms with E-state index in [4.69, 9.17) is 5.73 Å². The van der Waals surface area contributed by atoms with Crippen LogP contribution in [0.15, 0.2) is 71.1 Å². The fraction of sp³-hybridized carbons (Fsp3) is 0.188. The molecule has 2 aromatic rings. The van der Waals surface area contributed by atoms with Crippen LogP contribution in [-0.4, -0.2) is 13.4 Å². The molecular weight excluding hydrogens is 312 g/mol. The number of pyridine rings is 1. The van der Waals surface area contributed by atoms with Crippen molar-refractivity contribution in [2.24, 2.45) is 5.73 Å². The van der Waals surface area contributed by atoms with E-state index in [0.29, 0.717) is 18.7 Å². The van der Waals surface area contributed by atoms with E-state index in [1.54, 1.807) is 24.4 Å². The second-order valence-electron chi connectivity index (χ2n) is 4.84. The van der Waals surface area contributed by atoms with E-state index in [1.165, 1.54) is 12.1 Å². The average Bonchev–Trinajstić information content (AvgIpc) is 2.59.